The highest BCUT2D eigenvalue weighted by Gasteiger charge is 2.23. The summed E-state index contributed by atoms with van der Waals surface area (Å²) >= 11 is 7.42. The number of hydrogen-bond acceptors (Lipinski definition) is 7. The van der Waals surface area contributed by atoms with Crippen molar-refractivity contribution in [2.75, 3.05) is 11.2 Å². The number of carboxylic acids is 1. The van der Waals surface area contributed by atoms with Crippen LogP contribution in [0, 0.1) is 6.92 Å². The van der Waals surface area contributed by atoms with Crippen LogP contribution in [-0.4, -0.2) is 42.3 Å². The van der Waals surface area contributed by atoms with E-state index < -0.39 is 33.6 Å². The van der Waals surface area contributed by atoms with Crippen LogP contribution in [0.1, 0.15) is 21.5 Å². The van der Waals surface area contributed by atoms with Crippen molar-refractivity contribution in [1.29, 1.82) is 0 Å². The number of nitrogens with zero attached hydrogens (tertiary/aromatic N) is 1. The molecule has 0 radical (unpaired) electrons. The van der Waals surface area contributed by atoms with Crippen LogP contribution in [0.2, 0.25) is 5.02 Å². The molecule has 3 N–H and O–H groups in total. The Kier molecular flexibility index (Phi) is 9.55. The lowest BCUT2D eigenvalue weighted by atomic mass is 10.1. The Morgan fingerprint density at radius 3 is 2.16 bits per heavy atom. The number of halogens is 1. The van der Waals surface area contributed by atoms with Crippen molar-refractivity contribution in [1.82, 2.24) is 10.3 Å². The lowest BCUT2D eigenvalue weighted by molar-refractivity contribution is -0.139. The van der Waals surface area contributed by atoms with Crippen molar-refractivity contribution in [3.05, 3.63) is 125 Å². The number of sulfone groups is 1. The number of aliphatic carboxylic acids is 1. The molecule has 4 aromatic carbocycles. The number of benzene rings is 4. The zero-order chi connectivity index (χ0) is 31.3. The maximum Gasteiger partial charge on any atom is 0.321 e. The molecule has 1 amide bonds. The first-order chi connectivity index (χ1) is 21.1. The Labute approximate surface area is 264 Å². The number of hydrogen-bond donors (Lipinski definition) is 3. The van der Waals surface area contributed by atoms with E-state index in [0.717, 1.165) is 27.1 Å². The molecule has 1 atom stereocenters. The van der Waals surface area contributed by atoms with E-state index in [1.54, 1.807) is 36.4 Å². The molecule has 0 fully saturated rings. The molecule has 0 saturated carbocycles. The molecule has 0 aliphatic carbocycles. The van der Waals surface area contributed by atoms with Crippen molar-refractivity contribution in [3.8, 4) is 21.7 Å². The molecule has 1 heterocycles. The Bertz CT molecular complexity index is 1810. The minimum absolute atomic E-state index is 0.0358. The van der Waals surface area contributed by atoms with Gasteiger partial charge in [-0.2, -0.15) is 0 Å². The summed E-state index contributed by atoms with van der Waals surface area (Å²) in [5, 5.41) is 16.0. The predicted molar refractivity (Wildman–Crippen MR) is 174 cm³/mol. The van der Waals surface area contributed by atoms with Gasteiger partial charge in [-0.25, -0.2) is 13.4 Å². The van der Waals surface area contributed by atoms with Gasteiger partial charge >= 0.3 is 5.97 Å². The monoisotopic (exact) mass is 645 g/mol. The van der Waals surface area contributed by atoms with Gasteiger partial charge < -0.3 is 5.11 Å². The number of carbonyl (C=O) groups excluding carboxylic acids is 1. The third-order valence-electron chi connectivity index (χ3n) is 6.86. The molecule has 224 valence electrons. The van der Waals surface area contributed by atoms with Gasteiger partial charge in [0.1, 0.15) is 11.9 Å². The number of anilines is 1. The normalized spacial score (nSPS) is 12.0. The van der Waals surface area contributed by atoms with E-state index in [0.29, 0.717) is 15.8 Å². The van der Waals surface area contributed by atoms with Gasteiger partial charge in [0.2, 0.25) is 0 Å². The lowest BCUT2D eigenvalue weighted by Gasteiger charge is -2.15. The molecular weight excluding hydrogens is 618 g/mol. The Hall–Kier alpha value is -4.35. The van der Waals surface area contributed by atoms with Crippen LogP contribution in [0.25, 0.3) is 21.7 Å². The molecular formula is C33H28ClN3O5S2. The Morgan fingerprint density at radius 2 is 1.52 bits per heavy atom. The number of amides is 1. The van der Waals surface area contributed by atoms with Crippen molar-refractivity contribution in [2.45, 2.75) is 24.3 Å². The summed E-state index contributed by atoms with van der Waals surface area (Å²) in [4.78, 5) is 30.4. The summed E-state index contributed by atoms with van der Waals surface area (Å²) in [5.74, 6) is -2.17. The first-order valence-corrected chi connectivity index (χ1v) is 16.4. The van der Waals surface area contributed by atoms with Crippen LogP contribution >= 0.6 is 22.9 Å². The maximum absolute atomic E-state index is 13.1. The molecule has 0 aliphatic heterocycles. The molecule has 1 aromatic heterocycles. The second kappa shape index (κ2) is 13.5. The highest BCUT2D eigenvalue weighted by molar-refractivity contribution is 7.91. The molecule has 0 aliphatic rings. The largest absolute Gasteiger partial charge is 0.480 e. The zero-order valence-corrected chi connectivity index (χ0v) is 25.9. The standard InChI is InChI=1S/C33H28ClN3O5S2/c1-21-7-9-24(10-8-21)30-29(23-11-15-26(34)16-12-23)36-33(43-30)37-31(38)25-13-17-27(18-14-25)44(41,42)20-35-28(32(39)40)19-22-5-3-2-4-6-22/h2-18,28,35H,19-20H2,1H3,(H,39,40)(H,36,37,38). The first kappa shape index (κ1) is 31.1. The average molecular weight is 646 g/mol. The number of aryl methyl sites for hydroxylation is 1. The van der Waals surface area contributed by atoms with Crippen molar-refractivity contribution >= 4 is 49.8 Å². The van der Waals surface area contributed by atoms with Crippen LogP contribution in [0.5, 0.6) is 0 Å². The van der Waals surface area contributed by atoms with Gasteiger partial charge in [-0.15, -0.1) is 0 Å². The third kappa shape index (κ3) is 7.59. The highest BCUT2D eigenvalue weighted by atomic mass is 35.5. The fraction of sp³-hybridized carbons (Fsp3) is 0.121. The van der Waals surface area contributed by atoms with Gasteiger partial charge in [-0.3, -0.25) is 20.2 Å². The fourth-order valence-electron chi connectivity index (χ4n) is 4.45. The summed E-state index contributed by atoms with van der Waals surface area (Å²) < 4.78 is 25.9. The van der Waals surface area contributed by atoms with Crippen LogP contribution in [-0.2, 0) is 21.1 Å². The van der Waals surface area contributed by atoms with Gasteiger partial charge in [-0.05, 0) is 60.9 Å². The number of aromatic nitrogens is 1. The van der Waals surface area contributed by atoms with E-state index in [2.05, 4.69) is 10.6 Å². The minimum atomic E-state index is -3.88. The van der Waals surface area contributed by atoms with Crippen LogP contribution in [0.4, 0.5) is 5.13 Å². The van der Waals surface area contributed by atoms with Gasteiger partial charge in [0.15, 0.2) is 15.0 Å². The van der Waals surface area contributed by atoms with Crippen LogP contribution < -0.4 is 10.6 Å². The van der Waals surface area contributed by atoms with Gasteiger partial charge in [-0.1, -0.05) is 95.2 Å². The second-order valence-corrected chi connectivity index (χ2v) is 13.5. The summed E-state index contributed by atoms with van der Waals surface area (Å²) in [5.41, 5.74) is 4.63. The van der Waals surface area contributed by atoms with E-state index in [9.17, 15) is 23.1 Å². The number of carboxylic acid groups (broad SMARTS) is 1. The molecule has 5 aromatic rings. The molecule has 8 nitrogen and oxygen atoms in total. The van der Waals surface area contributed by atoms with E-state index in [-0.39, 0.29) is 16.9 Å². The third-order valence-corrected chi connectivity index (χ3v) is 9.66. The summed E-state index contributed by atoms with van der Waals surface area (Å²) in [6.07, 6.45) is 0.132. The quantitative estimate of drug-likeness (QED) is 0.146. The van der Waals surface area contributed by atoms with Gasteiger partial charge in [0.25, 0.3) is 5.91 Å². The molecule has 0 saturated heterocycles. The van der Waals surface area contributed by atoms with Crippen LogP contribution in [0.15, 0.2) is 108 Å². The van der Waals surface area contributed by atoms with E-state index in [1.807, 2.05) is 49.4 Å². The van der Waals surface area contributed by atoms with E-state index in [1.165, 1.54) is 35.6 Å². The summed E-state index contributed by atoms with van der Waals surface area (Å²) in [6, 6.07) is 28.7. The second-order valence-electron chi connectivity index (χ2n) is 10.1. The van der Waals surface area contributed by atoms with Gasteiger partial charge in [0, 0.05) is 16.1 Å². The predicted octanol–water partition coefficient (Wildman–Crippen LogP) is 6.71. The molecule has 0 bridgehead atoms. The zero-order valence-electron chi connectivity index (χ0n) is 23.5. The summed E-state index contributed by atoms with van der Waals surface area (Å²) in [7, 11) is -3.88. The lowest BCUT2D eigenvalue weighted by Crippen LogP contribution is -2.41. The summed E-state index contributed by atoms with van der Waals surface area (Å²) in [6.45, 7) is 2.01. The Morgan fingerprint density at radius 1 is 0.886 bits per heavy atom. The smallest absolute Gasteiger partial charge is 0.321 e. The van der Waals surface area contributed by atoms with E-state index >= 15 is 0 Å². The molecule has 0 spiro atoms. The maximum atomic E-state index is 13.1. The topological polar surface area (TPSA) is 125 Å². The first-order valence-electron chi connectivity index (χ1n) is 13.6. The minimum Gasteiger partial charge on any atom is -0.480 e. The number of carbonyl (C=O) groups is 2. The number of nitrogens with one attached hydrogen (secondary N) is 2. The average Bonchev–Trinajstić information content (AvgIpc) is 3.44. The molecule has 11 heteroatoms. The molecule has 5 rings (SSSR count). The highest BCUT2D eigenvalue weighted by Crippen LogP contribution is 2.39. The number of rotatable bonds is 11. The van der Waals surface area contributed by atoms with Crippen molar-refractivity contribution in [3.63, 3.8) is 0 Å². The van der Waals surface area contributed by atoms with E-state index in [4.69, 9.17) is 16.6 Å². The molecule has 1 unspecified atom stereocenters. The fourth-order valence-corrected chi connectivity index (χ4v) is 6.70. The van der Waals surface area contributed by atoms with Crippen molar-refractivity contribution < 1.29 is 23.1 Å². The Balaban J connectivity index is 1.30. The number of thiazole rings is 1. The van der Waals surface area contributed by atoms with Gasteiger partial charge in [0.05, 0.1) is 15.5 Å². The van der Waals surface area contributed by atoms with Crippen molar-refractivity contribution in [2.24, 2.45) is 0 Å². The van der Waals surface area contributed by atoms with Crippen LogP contribution in [0.3, 0.4) is 0 Å². The SMILES string of the molecule is Cc1ccc(-c2sc(NC(=O)c3ccc(S(=O)(=O)CNC(Cc4ccccc4)C(=O)O)cc3)nc2-c2ccc(Cl)cc2)cc1. The molecule has 44 heavy (non-hydrogen) atoms.